The van der Waals surface area contributed by atoms with Gasteiger partial charge in [-0.25, -0.2) is 9.97 Å². The average molecular weight is 375 g/mol. The third kappa shape index (κ3) is 3.74. The van der Waals surface area contributed by atoms with Crippen LogP contribution in [0.3, 0.4) is 0 Å². The molecular formula is C21H25N7. The van der Waals surface area contributed by atoms with Crippen LogP contribution in [0, 0.1) is 6.92 Å². The van der Waals surface area contributed by atoms with Gasteiger partial charge >= 0.3 is 0 Å². The zero-order valence-corrected chi connectivity index (χ0v) is 16.6. The fourth-order valence-electron chi connectivity index (χ4n) is 3.42. The maximum absolute atomic E-state index is 4.48. The van der Waals surface area contributed by atoms with Crippen LogP contribution in [0.2, 0.25) is 0 Å². The van der Waals surface area contributed by atoms with Gasteiger partial charge in [-0.3, -0.25) is 0 Å². The van der Waals surface area contributed by atoms with E-state index in [9.17, 15) is 0 Å². The molecule has 0 radical (unpaired) electrons. The molecule has 2 aromatic heterocycles. The molecule has 4 rings (SSSR count). The Bertz CT molecular complexity index is 931. The Morgan fingerprint density at radius 2 is 1.54 bits per heavy atom. The molecular weight excluding hydrogens is 350 g/mol. The molecule has 3 heterocycles. The molecule has 0 unspecified atom stereocenters. The van der Waals surface area contributed by atoms with Crippen molar-refractivity contribution in [2.24, 2.45) is 0 Å². The largest absolute Gasteiger partial charge is 0.363 e. The highest BCUT2D eigenvalue weighted by Gasteiger charge is 2.20. The summed E-state index contributed by atoms with van der Waals surface area (Å²) in [6.07, 6.45) is 1.63. The van der Waals surface area contributed by atoms with Crippen LogP contribution in [-0.4, -0.2) is 60.4 Å². The number of piperazine rings is 1. The van der Waals surface area contributed by atoms with Crippen LogP contribution in [0.25, 0.3) is 11.3 Å². The summed E-state index contributed by atoms with van der Waals surface area (Å²) in [6, 6.07) is 14.4. The fourth-order valence-corrected chi connectivity index (χ4v) is 3.42. The Balaban J connectivity index is 1.43. The maximum atomic E-state index is 4.48. The minimum Gasteiger partial charge on any atom is -0.363 e. The normalized spacial score (nSPS) is 14.2. The van der Waals surface area contributed by atoms with Crippen molar-refractivity contribution in [1.29, 1.82) is 0 Å². The number of rotatable bonds is 4. The molecule has 28 heavy (non-hydrogen) atoms. The van der Waals surface area contributed by atoms with Crippen LogP contribution in [0.4, 0.5) is 17.5 Å². The number of nitrogens with zero attached hydrogens (tertiary/aromatic N) is 7. The highest BCUT2D eigenvalue weighted by molar-refractivity contribution is 5.63. The molecule has 1 aromatic carbocycles. The van der Waals surface area contributed by atoms with Crippen molar-refractivity contribution in [3.8, 4) is 11.3 Å². The third-order valence-electron chi connectivity index (χ3n) is 5.10. The van der Waals surface area contributed by atoms with E-state index in [0.717, 1.165) is 54.9 Å². The summed E-state index contributed by atoms with van der Waals surface area (Å²) < 4.78 is 0. The monoisotopic (exact) mass is 375 g/mol. The van der Waals surface area contributed by atoms with Gasteiger partial charge in [0, 0.05) is 51.9 Å². The summed E-state index contributed by atoms with van der Waals surface area (Å²) in [5.74, 6) is 2.82. The number of hydrogen-bond donors (Lipinski definition) is 0. The highest BCUT2D eigenvalue weighted by atomic mass is 15.3. The molecule has 144 valence electrons. The predicted octanol–water partition coefficient (Wildman–Crippen LogP) is 2.63. The lowest BCUT2D eigenvalue weighted by atomic mass is 10.1. The lowest BCUT2D eigenvalue weighted by Gasteiger charge is -2.36. The molecule has 1 aliphatic rings. The summed E-state index contributed by atoms with van der Waals surface area (Å²) in [6.45, 7) is 5.66. The Kier molecular flexibility index (Phi) is 5.06. The second kappa shape index (κ2) is 7.80. The summed E-state index contributed by atoms with van der Waals surface area (Å²) in [5, 5.41) is 8.94. The summed E-state index contributed by atoms with van der Waals surface area (Å²) in [7, 11) is 3.98. The molecule has 0 N–H and O–H groups in total. The van der Waals surface area contributed by atoms with Crippen LogP contribution < -0.4 is 14.7 Å². The van der Waals surface area contributed by atoms with E-state index in [1.807, 2.05) is 37.2 Å². The van der Waals surface area contributed by atoms with Gasteiger partial charge in [-0.15, -0.1) is 10.2 Å². The molecule has 7 nitrogen and oxygen atoms in total. The van der Waals surface area contributed by atoms with E-state index >= 15 is 0 Å². The quantitative estimate of drug-likeness (QED) is 0.695. The summed E-state index contributed by atoms with van der Waals surface area (Å²) in [5.41, 5.74) is 3.25. The van der Waals surface area contributed by atoms with Gasteiger partial charge in [-0.2, -0.15) is 0 Å². The smallest absolute Gasteiger partial charge is 0.151 e. The van der Waals surface area contributed by atoms with Crippen LogP contribution >= 0.6 is 0 Å². The molecule has 0 spiro atoms. The molecule has 1 fully saturated rings. The van der Waals surface area contributed by atoms with Gasteiger partial charge in [0.1, 0.15) is 18.0 Å². The third-order valence-corrected chi connectivity index (χ3v) is 5.10. The molecule has 1 saturated heterocycles. The number of aryl methyl sites for hydroxylation is 1. The van der Waals surface area contributed by atoms with Crippen LogP contribution in [0.15, 0.2) is 48.8 Å². The number of anilines is 3. The Hall–Kier alpha value is -3.22. The van der Waals surface area contributed by atoms with Gasteiger partial charge < -0.3 is 14.7 Å². The standard InChI is InChI=1S/C21H25N7/c1-16-6-4-5-7-17(16)18-8-9-19(25-24-18)27-10-12-28(13-11-27)21-14-20(26(2)3)22-15-23-21/h4-9,14-15H,10-13H2,1-3H3. The van der Waals surface area contributed by atoms with E-state index in [4.69, 9.17) is 0 Å². The zero-order valence-electron chi connectivity index (χ0n) is 16.6. The van der Waals surface area contributed by atoms with Gasteiger partial charge in [-0.05, 0) is 24.6 Å². The highest BCUT2D eigenvalue weighted by Crippen LogP contribution is 2.23. The van der Waals surface area contributed by atoms with E-state index in [-0.39, 0.29) is 0 Å². The number of hydrogen-bond acceptors (Lipinski definition) is 7. The van der Waals surface area contributed by atoms with Gasteiger partial charge in [-0.1, -0.05) is 24.3 Å². The van der Waals surface area contributed by atoms with Gasteiger partial charge in [0.15, 0.2) is 5.82 Å². The van der Waals surface area contributed by atoms with Crippen molar-refractivity contribution in [3.63, 3.8) is 0 Å². The molecule has 0 amide bonds. The topological polar surface area (TPSA) is 61.3 Å². The molecule has 3 aromatic rings. The first-order chi connectivity index (χ1) is 13.6. The SMILES string of the molecule is Cc1ccccc1-c1ccc(N2CCN(c3cc(N(C)C)ncn3)CC2)nn1. The lowest BCUT2D eigenvalue weighted by molar-refractivity contribution is 0.637. The maximum Gasteiger partial charge on any atom is 0.151 e. The van der Waals surface area contributed by atoms with Crippen molar-refractivity contribution < 1.29 is 0 Å². The first kappa shape index (κ1) is 18.2. The Morgan fingerprint density at radius 3 is 2.18 bits per heavy atom. The van der Waals surface area contributed by atoms with Gasteiger partial charge in [0.05, 0.1) is 5.69 Å². The molecule has 0 bridgehead atoms. The molecule has 0 atom stereocenters. The van der Waals surface area contributed by atoms with Gasteiger partial charge in [0.2, 0.25) is 0 Å². The summed E-state index contributed by atoms with van der Waals surface area (Å²) in [4.78, 5) is 15.3. The Labute approximate surface area is 165 Å². The van der Waals surface area contributed by atoms with E-state index in [1.54, 1.807) is 6.33 Å². The van der Waals surface area contributed by atoms with E-state index < -0.39 is 0 Å². The second-order valence-electron chi connectivity index (χ2n) is 7.19. The van der Waals surface area contributed by atoms with Crippen molar-refractivity contribution in [1.82, 2.24) is 20.2 Å². The minimum absolute atomic E-state index is 0.889. The van der Waals surface area contributed by atoms with Crippen molar-refractivity contribution in [2.75, 3.05) is 55.0 Å². The number of aromatic nitrogens is 4. The van der Waals surface area contributed by atoms with E-state index in [1.165, 1.54) is 5.56 Å². The molecule has 7 heteroatoms. The zero-order chi connectivity index (χ0) is 19.5. The van der Waals surface area contributed by atoms with E-state index in [2.05, 4.69) is 61.2 Å². The van der Waals surface area contributed by atoms with Crippen molar-refractivity contribution in [2.45, 2.75) is 6.92 Å². The fraction of sp³-hybridized carbons (Fsp3) is 0.333. The van der Waals surface area contributed by atoms with Crippen LogP contribution in [-0.2, 0) is 0 Å². The molecule has 0 saturated carbocycles. The van der Waals surface area contributed by atoms with Crippen molar-refractivity contribution in [3.05, 3.63) is 54.4 Å². The first-order valence-corrected chi connectivity index (χ1v) is 9.51. The number of benzene rings is 1. The lowest BCUT2D eigenvalue weighted by Crippen LogP contribution is -2.47. The van der Waals surface area contributed by atoms with Crippen LogP contribution in [0.5, 0.6) is 0 Å². The van der Waals surface area contributed by atoms with Gasteiger partial charge in [0.25, 0.3) is 0 Å². The Morgan fingerprint density at radius 1 is 0.821 bits per heavy atom. The second-order valence-corrected chi connectivity index (χ2v) is 7.19. The van der Waals surface area contributed by atoms with Crippen LogP contribution in [0.1, 0.15) is 5.56 Å². The first-order valence-electron chi connectivity index (χ1n) is 9.51. The average Bonchev–Trinajstić information content (AvgIpc) is 2.74. The summed E-state index contributed by atoms with van der Waals surface area (Å²) >= 11 is 0. The predicted molar refractivity (Wildman–Crippen MR) is 113 cm³/mol. The van der Waals surface area contributed by atoms with Crippen molar-refractivity contribution >= 4 is 17.5 Å². The molecule has 1 aliphatic heterocycles. The molecule has 0 aliphatic carbocycles. The van der Waals surface area contributed by atoms with E-state index in [0.29, 0.717) is 0 Å². The minimum atomic E-state index is 0.889.